The summed E-state index contributed by atoms with van der Waals surface area (Å²) in [6, 6.07) is 17.2. The van der Waals surface area contributed by atoms with Gasteiger partial charge in [0.1, 0.15) is 23.0 Å². The van der Waals surface area contributed by atoms with Gasteiger partial charge in [-0.2, -0.15) is 0 Å². The number of ether oxygens (including phenoxy) is 1. The van der Waals surface area contributed by atoms with Crippen molar-refractivity contribution in [2.24, 2.45) is 0 Å². The molecule has 2 aromatic carbocycles. The Labute approximate surface area is 219 Å². The Hall–Kier alpha value is -4.57. The first-order chi connectivity index (χ1) is 18.0. The number of likely N-dealkylation sites (N-methyl/N-ethyl adjacent to an activating group) is 1. The van der Waals surface area contributed by atoms with Crippen LogP contribution in [0.5, 0.6) is 11.5 Å². The Bertz CT molecular complexity index is 1280. The lowest BCUT2D eigenvalue weighted by atomic mass is 10.1. The minimum absolute atomic E-state index is 0.0205. The Morgan fingerprint density at radius 2 is 1.39 bits per heavy atom. The number of hydrogen-bond acceptors (Lipinski definition) is 5. The number of hydrogen-bond donors (Lipinski definition) is 2. The van der Waals surface area contributed by atoms with Crippen LogP contribution in [-0.4, -0.2) is 82.7 Å². The minimum Gasteiger partial charge on any atom is -0.478 e. The van der Waals surface area contributed by atoms with Crippen LogP contribution in [0.4, 0.5) is 4.39 Å². The number of piperazine rings is 1. The summed E-state index contributed by atoms with van der Waals surface area (Å²) in [5.41, 5.74) is 2.36. The number of carboxylic acids is 2. The van der Waals surface area contributed by atoms with Crippen LogP contribution in [0.3, 0.4) is 0 Å². The van der Waals surface area contributed by atoms with E-state index >= 15 is 0 Å². The maximum atomic E-state index is 13.0. The van der Waals surface area contributed by atoms with E-state index < -0.39 is 11.9 Å². The van der Waals surface area contributed by atoms with Gasteiger partial charge in [-0.05, 0) is 59.7 Å². The highest BCUT2D eigenvalue weighted by Crippen LogP contribution is 2.26. The molecule has 1 amide bonds. The number of carbonyl (C=O) groups excluding carboxylic acids is 1. The summed E-state index contributed by atoms with van der Waals surface area (Å²) in [5.74, 6) is -1.60. The summed E-state index contributed by atoms with van der Waals surface area (Å²) in [7, 11) is 4.37. The van der Waals surface area contributed by atoms with Crippen LogP contribution in [0.1, 0.15) is 10.5 Å². The molecule has 0 bridgehead atoms. The molecular formula is C28H29FN3O6+. The molecule has 38 heavy (non-hydrogen) atoms. The third kappa shape index (κ3) is 8.52. The summed E-state index contributed by atoms with van der Waals surface area (Å²) in [4.78, 5) is 38.2. The van der Waals surface area contributed by atoms with Crippen molar-refractivity contribution in [2.45, 2.75) is 0 Å². The topological polar surface area (TPSA) is 117 Å². The van der Waals surface area contributed by atoms with Crippen molar-refractivity contribution in [1.82, 2.24) is 9.88 Å². The van der Waals surface area contributed by atoms with E-state index in [1.54, 1.807) is 18.3 Å². The van der Waals surface area contributed by atoms with Gasteiger partial charge in [-0.25, -0.2) is 14.0 Å². The summed E-state index contributed by atoms with van der Waals surface area (Å²) in [5, 5.41) is 15.6. The summed E-state index contributed by atoms with van der Waals surface area (Å²) in [6.45, 7) is 3.38. The van der Waals surface area contributed by atoms with Crippen molar-refractivity contribution in [3.05, 3.63) is 90.5 Å². The van der Waals surface area contributed by atoms with E-state index in [0.29, 0.717) is 29.3 Å². The zero-order chi connectivity index (χ0) is 27.7. The zero-order valence-electron chi connectivity index (χ0n) is 21.1. The maximum Gasteiger partial charge on any atom is 0.328 e. The molecule has 198 valence electrons. The summed E-state index contributed by atoms with van der Waals surface area (Å²) >= 11 is 0. The lowest BCUT2D eigenvalue weighted by Crippen LogP contribution is -2.56. The lowest BCUT2D eigenvalue weighted by Gasteiger charge is -2.38. The van der Waals surface area contributed by atoms with Crippen molar-refractivity contribution in [2.75, 3.05) is 40.3 Å². The Balaban J connectivity index is 0.000000436. The number of rotatable bonds is 6. The number of nitrogens with zero attached hydrogens (tertiary/aromatic N) is 3. The van der Waals surface area contributed by atoms with Crippen LogP contribution in [0.25, 0.3) is 11.1 Å². The fourth-order valence-electron chi connectivity index (χ4n) is 3.60. The van der Waals surface area contributed by atoms with Gasteiger partial charge in [-0.15, -0.1) is 0 Å². The second kappa shape index (κ2) is 12.6. The highest BCUT2D eigenvalue weighted by molar-refractivity contribution is 5.93. The second-order valence-electron chi connectivity index (χ2n) is 9.20. The highest BCUT2D eigenvalue weighted by Gasteiger charge is 2.28. The Morgan fingerprint density at radius 3 is 1.92 bits per heavy atom. The minimum atomic E-state index is -1.26. The average Bonchev–Trinajstić information content (AvgIpc) is 2.89. The molecule has 1 aliphatic heterocycles. The average molecular weight is 523 g/mol. The molecule has 0 saturated carbocycles. The third-order valence-corrected chi connectivity index (χ3v) is 5.82. The molecule has 1 saturated heterocycles. The monoisotopic (exact) mass is 522 g/mol. The quantitative estimate of drug-likeness (QED) is 0.372. The molecule has 0 radical (unpaired) electrons. The van der Waals surface area contributed by atoms with Gasteiger partial charge in [0.15, 0.2) is 0 Å². The van der Waals surface area contributed by atoms with E-state index in [0.717, 1.165) is 41.8 Å². The fourth-order valence-corrected chi connectivity index (χ4v) is 3.60. The Morgan fingerprint density at radius 1 is 0.868 bits per heavy atom. The molecular weight excluding hydrogens is 493 g/mol. The third-order valence-electron chi connectivity index (χ3n) is 5.82. The molecule has 1 aliphatic rings. The van der Waals surface area contributed by atoms with Crippen molar-refractivity contribution in [1.29, 1.82) is 0 Å². The first-order valence-electron chi connectivity index (χ1n) is 11.8. The highest BCUT2D eigenvalue weighted by atomic mass is 19.1. The normalized spacial score (nSPS) is 14.3. The van der Waals surface area contributed by atoms with E-state index in [1.807, 2.05) is 41.3 Å². The summed E-state index contributed by atoms with van der Waals surface area (Å²) in [6.07, 6.45) is 2.79. The second-order valence-corrected chi connectivity index (χ2v) is 9.20. The molecule has 0 spiro atoms. The molecule has 2 heterocycles. The number of pyridine rings is 1. The van der Waals surface area contributed by atoms with Crippen LogP contribution < -0.4 is 4.74 Å². The van der Waals surface area contributed by atoms with Gasteiger partial charge in [-0.1, -0.05) is 12.1 Å². The molecule has 2 N–H and O–H groups in total. The van der Waals surface area contributed by atoms with Crippen LogP contribution >= 0.6 is 0 Å². The van der Waals surface area contributed by atoms with Gasteiger partial charge < -0.3 is 24.3 Å². The Kier molecular flexibility index (Phi) is 9.28. The number of aliphatic carboxylic acids is 2. The summed E-state index contributed by atoms with van der Waals surface area (Å²) < 4.78 is 19.7. The van der Waals surface area contributed by atoms with Crippen molar-refractivity contribution in [3.8, 4) is 22.6 Å². The van der Waals surface area contributed by atoms with Crippen LogP contribution in [0, 0.1) is 5.82 Å². The van der Waals surface area contributed by atoms with E-state index in [4.69, 9.17) is 14.9 Å². The molecule has 10 heteroatoms. The first kappa shape index (κ1) is 28.0. The van der Waals surface area contributed by atoms with Crippen molar-refractivity contribution >= 4 is 17.8 Å². The van der Waals surface area contributed by atoms with Crippen molar-refractivity contribution < 1.29 is 38.2 Å². The van der Waals surface area contributed by atoms with Crippen molar-refractivity contribution in [3.63, 3.8) is 0 Å². The van der Waals surface area contributed by atoms with Gasteiger partial charge in [0.2, 0.25) is 0 Å². The molecule has 0 unspecified atom stereocenters. The van der Waals surface area contributed by atoms with Crippen LogP contribution in [0.15, 0.2) is 79.0 Å². The molecule has 4 rings (SSSR count). The number of amides is 1. The van der Waals surface area contributed by atoms with Crippen LogP contribution in [0.2, 0.25) is 0 Å². The SMILES string of the molecule is C[N+]1(C)CCN(C(=O)c2cc(-c3ccc(Oc4ccc(F)cc4)cc3)ccn2)CC1.O=C(O)/C=C/C(=O)O. The van der Waals surface area contributed by atoms with E-state index in [-0.39, 0.29) is 11.7 Å². The zero-order valence-corrected chi connectivity index (χ0v) is 21.1. The van der Waals surface area contributed by atoms with E-state index in [2.05, 4.69) is 19.1 Å². The standard InChI is InChI=1S/C24H25FN3O2.C4H4O4/c1-28(2)15-13-27(14-16-28)24(29)23-17-19(11-12-26-23)18-3-7-21(8-4-18)30-22-9-5-20(25)6-10-22;5-3(6)1-2-4(7)8/h3-12,17H,13-16H2,1-2H3;1-2H,(H,5,6)(H,7,8)/q+1;/b;2-1+. The fraction of sp³-hybridized carbons (Fsp3) is 0.214. The largest absolute Gasteiger partial charge is 0.478 e. The van der Waals surface area contributed by atoms with Gasteiger partial charge in [0.05, 0.1) is 40.3 Å². The van der Waals surface area contributed by atoms with Crippen LogP contribution in [-0.2, 0) is 9.59 Å². The number of carboxylic acid groups (broad SMARTS) is 2. The number of carbonyl (C=O) groups is 3. The van der Waals surface area contributed by atoms with Gasteiger partial charge >= 0.3 is 11.9 Å². The molecule has 0 atom stereocenters. The van der Waals surface area contributed by atoms with Gasteiger partial charge in [-0.3, -0.25) is 9.78 Å². The number of benzene rings is 2. The number of quaternary nitrogens is 1. The lowest BCUT2D eigenvalue weighted by molar-refractivity contribution is -0.894. The predicted molar refractivity (Wildman–Crippen MR) is 138 cm³/mol. The first-order valence-corrected chi connectivity index (χ1v) is 11.8. The molecule has 0 aliphatic carbocycles. The van der Waals surface area contributed by atoms with E-state index in [9.17, 15) is 18.8 Å². The molecule has 1 fully saturated rings. The van der Waals surface area contributed by atoms with E-state index in [1.165, 1.54) is 12.1 Å². The smallest absolute Gasteiger partial charge is 0.328 e. The predicted octanol–water partition coefficient (Wildman–Crippen LogP) is 3.92. The van der Waals surface area contributed by atoms with Gasteiger partial charge in [0, 0.05) is 18.3 Å². The number of aromatic nitrogens is 1. The molecule has 3 aromatic rings. The molecule has 1 aromatic heterocycles. The molecule has 9 nitrogen and oxygen atoms in total. The van der Waals surface area contributed by atoms with Gasteiger partial charge in [0.25, 0.3) is 5.91 Å². The maximum absolute atomic E-state index is 13.0. The number of halogens is 1.